The Morgan fingerprint density at radius 3 is 2.63 bits per heavy atom. The molecular formula is C31H34N2O2. The molecule has 2 aliphatic rings. The lowest BCUT2D eigenvalue weighted by atomic mass is 9.90. The maximum absolute atomic E-state index is 6.09. The predicted molar refractivity (Wildman–Crippen MR) is 141 cm³/mol. The van der Waals surface area contributed by atoms with Gasteiger partial charge in [0.15, 0.2) is 11.5 Å². The van der Waals surface area contributed by atoms with Crippen molar-refractivity contribution in [2.45, 2.75) is 58.3 Å². The number of ether oxygens (including phenoxy) is 2. The zero-order chi connectivity index (χ0) is 23.8. The Labute approximate surface area is 208 Å². The summed E-state index contributed by atoms with van der Waals surface area (Å²) >= 11 is 0. The molecule has 0 saturated carbocycles. The monoisotopic (exact) mass is 466 g/mol. The van der Waals surface area contributed by atoms with E-state index in [0.29, 0.717) is 12.6 Å². The Balaban J connectivity index is 1.26. The summed E-state index contributed by atoms with van der Waals surface area (Å²) < 4.78 is 14.5. The Hall–Kier alpha value is -3.24. The van der Waals surface area contributed by atoms with Gasteiger partial charge in [0, 0.05) is 36.2 Å². The second-order valence-corrected chi connectivity index (χ2v) is 10.0. The molecular weight excluding hydrogens is 432 g/mol. The SMILES string of the molecule is COc1cc(CN2CCCn3c4c(c5cc(C)ccc53)CCC[C@H]42)ccc1OCc1ccccc1. The van der Waals surface area contributed by atoms with Crippen molar-refractivity contribution in [1.82, 2.24) is 9.47 Å². The number of hydrogen-bond donors (Lipinski definition) is 0. The molecule has 0 spiro atoms. The number of hydrogen-bond acceptors (Lipinski definition) is 3. The minimum absolute atomic E-state index is 0.481. The summed E-state index contributed by atoms with van der Waals surface area (Å²) in [5.74, 6) is 1.61. The quantitative estimate of drug-likeness (QED) is 0.312. The molecule has 0 saturated heterocycles. The molecule has 1 atom stereocenters. The fraction of sp³-hybridized carbons (Fsp3) is 0.355. The predicted octanol–water partition coefficient (Wildman–Crippen LogP) is 6.82. The molecule has 4 heteroatoms. The molecule has 3 aromatic carbocycles. The first-order chi connectivity index (χ1) is 17.2. The van der Waals surface area contributed by atoms with Gasteiger partial charge >= 0.3 is 0 Å². The normalized spacial score (nSPS) is 17.7. The molecule has 4 aromatic rings. The highest BCUT2D eigenvalue weighted by molar-refractivity contribution is 5.87. The van der Waals surface area contributed by atoms with Gasteiger partial charge in [0.1, 0.15) is 6.61 Å². The van der Waals surface area contributed by atoms with Crippen molar-refractivity contribution in [3.63, 3.8) is 0 Å². The van der Waals surface area contributed by atoms with E-state index in [1.807, 2.05) is 18.2 Å². The highest BCUT2D eigenvalue weighted by Gasteiger charge is 2.33. The highest BCUT2D eigenvalue weighted by atomic mass is 16.5. The van der Waals surface area contributed by atoms with Crippen LogP contribution < -0.4 is 9.47 Å². The first-order valence-corrected chi connectivity index (χ1v) is 12.9. The van der Waals surface area contributed by atoms with Gasteiger partial charge in [0.05, 0.1) is 13.2 Å². The van der Waals surface area contributed by atoms with Crippen LogP contribution >= 0.6 is 0 Å². The van der Waals surface area contributed by atoms with Gasteiger partial charge in [-0.3, -0.25) is 4.90 Å². The molecule has 6 rings (SSSR count). The fourth-order valence-corrected chi connectivity index (χ4v) is 6.08. The minimum atomic E-state index is 0.481. The molecule has 180 valence electrons. The highest BCUT2D eigenvalue weighted by Crippen LogP contribution is 2.43. The summed E-state index contributed by atoms with van der Waals surface area (Å²) in [6.45, 7) is 5.91. The van der Waals surface area contributed by atoms with Crippen molar-refractivity contribution in [3.8, 4) is 11.5 Å². The van der Waals surface area contributed by atoms with Gasteiger partial charge in [-0.05, 0) is 73.6 Å². The number of aromatic nitrogens is 1. The Kier molecular flexibility index (Phi) is 5.99. The third-order valence-corrected chi connectivity index (χ3v) is 7.71. The van der Waals surface area contributed by atoms with Crippen LogP contribution in [0.15, 0.2) is 66.7 Å². The van der Waals surface area contributed by atoms with Crippen molar-refractivity contribution in [2.24, 2.45) is 0 Å². The van der Waals surface area contributed by atoms with Crippen molar-refractivity contribution in [3.05, 3.63) is 94.7 Å². The van der Waals surface area contributed by atoms with Gasteiger partial charge in [-0.2, -0.15) is 0 Å². The minimum Gasteiger partial charge on any atom is -0.493 e. The molecule has 0 amide bonds. The van der Waals surface area contributed by atoms with Gasteiger partial charge in [0.25, 0.3) is 0 Å². The second-order valence-electron chi connectivity index (χ2n) is 10.0. The average Bonchev–Trinajstić information content (AvgIpc) is 3.08. The first kappa shape index (κ1) is 22.2. The van der Waals surface area contributed by atoms with Crippen LogP contribution in [0.2, 0.25) is 0 Å². The number of methoxy groups -OCH3 is 1. The van der Waals surface area contributed by atoms with Crippen LogP contribution in [0.4, 0.5) is 0 Å². The molecule has 0 bridgehead atoms. The molecule has 0 unspecified atom stereocenters. The van der Waals surface area contributed by atoms with Crippen LogP contribution in [-0.4, -0.2) is 23.1 Å². The average molecular weight is 467 g/mol. The van der Waals surface area contributed by atoms with Crippen molar-refractivity contribution in [1.29, 1.82) is 0 Å². The lowest BCUT2D eigenvalue weighted by Gasteiger charge is -2.34. The third-order valence-electron chi connectivity index (χ3n) is 7.71. The van der Waals surface area contributed by atoms with Crippen LogP contribution in [0.3, 0.4) is 0 Å². The van der Waals surface area contributed by atoms with E-state index < -0.39 is 0 Å². The molecule has 1 aliphatic carbocycles. The van der Waals surface area contributed by atoms with Gasteiger partial charge in [0.2, 0.25) is 0 Å². The van der Waals surface area contributed by atoms with Crippen LogP contribution in [0, 0.1) is 6.92 Å². The van der Waals surface area contributed by atoms with Gasteiger partial charge in [-0.25, -0.2) is 0 Å². The molecule has 4 nitrogen and oxygen atoms in total. The molecule has 0 radical (unpaired) electrons. The van der Waals surface area contributed by atoms with Gasteiger partial charge in [-0.15, -0.1) is 0 Å². The van der Waals surface area contributed by atoms with Gasteiger partial charge < -0.3 is 14.0 Å². The molecule has 2 heterocycles. The van der Waals surface area contributed by atoms with E-state index in [9.17, 15) is 0 Å². The van der Waals surface area contributed by atoms with E-state index in [-0.39, 0.29) is 0 Å². The lowest BCUT2D eigenvalue weighted by molar-refractivity contribution is 0.173. The van der Waals surface area contributed by atoms with Crippen LogP contribution in [0.25, 0.3) is 10.9 Å². The van der Waals surface area contributed by atoms with Gasteiger partial charge in [-0.1, -0.05) is 48.0 Å². The first-order valence-electron chi connectivity index (χ1n) is 12.9. The summed E-state index contributed by atoms with van der Waals surface area (Å²) in [7, 11) is 1.73. The number of benzene rings is 3. The van der Waals surface area contributed by atoms with Crippen LogP contribution in [-0.2, 0) is 26.1 Å². The summed E-state index contributed by atoms with van der Waals surface area (Å²) in [6.07, 6.45) is 4.87. The maximum Gasteiger partial charge on any atom is 0.161 e. The molecule has 1 aromatic heterocycles. The molecule has 0 fully saturated rings. The Bertz CT molecular complexity index is 1340. The third kappa shape index (κ3) is 4.21. The van der Waals surface area contributed by atoms with E-state index in [0.717, 1.165) is 36.7 Å². The van der Waals surface area contributed by atoms with Crippen LogP contribution in [0.1, 0.15) is 53.3 Å². The van der Waals surface area contributed by atoms with Crippen molar-refractivity contribution < 1.29 is 9.47 Å². The number of rotatable bonds is 6. The lowest BCUT2D eigenvalue weighted by Crippen LogP contribution is -2.31. The summed E-state index contributed by atoms with van der Waals surface area (Å²) in [4.78, 5) is 2.70. The second kappa shape index (κ2) is 9.43. The fourth-order valence-electron chi connectivity index (χ4n) is 6.08. The molecule has 1 aliphatic heterocycles. The molecule has 0 N–H and O–H groups in total. The van der Waals surface area contributed by atoms with E-state index >= 15 is 0 Å². The Morgan fingerprint density at radius 1 is 0.886 bits per heavy atom. The standard InChI is InChI=1S/C31H34N2O2/c1-22-12-14-27-26(18-22)25-10-6-11-28-31(25)33(27)17-7-16-32(28)20-24-13-15-29(30(19-24)34-2)35-21-23-8-4-3-5-9-23/h3-5,8-9,12-15,18-19,28H,6-7,10-11,16-17,20-21H2,1-2H3/t28-/m1/s1. The van der Waals surface area contributed by atoms with E-state index in [1.165, 1.54) is 47.7 Å². The topological polar surface area (TPSA) is 26.6 Å². The Morgan fingerprint density at radius 2 is 1.77 bits per heavy atom. The van der Waals surface area contributed by atoms with E-state index in [2.05, 4.69) is 64.9 Å². The van der Waals surface area contributed by atoms with Crippen LogP contribution in [0.5, 0.6) is 11.5 Å². The summed E-state index contributed by atoms with van der Waals surface area (Å²) in [6, 6.07) is 24.2. The van der Waals surface area contributed by atoms with Crippen molar-refractivity contribution >= 4 is 10.9 Å². The summed E-state index contributed by atoms with van der Waals surface area (Å²) in [5.41, 5.74) is 8.38. The number of aryl methyl sites for hydroxylation is 3. The largest absolute Gasteiger partial charge is 0.493 e. The zero-order valence-electron chi connectivity index (χ0n) is 20.8. The number of fused-ring (bicyclic) bond motifs is 3. The van der Waals surface area contributed by atoms with Crippen molar-refractivity contribution in [2.75, 3.05) is 13.7 Å². The zero-order valence-corrected chi connectivity index (χ0v) is 20.8. The van der Waals surface area contributed by atoms with E-state index in [1.54, 1.807) is 18.4 Å². The number of nitrogens with zero attached hydrogens (tertiary/aromatic N) is 2. The summed E-state index contributed by atoms with van der Waals surface area (Å²) in [5, 5.41) is 1.48. The maximum atomic E-state index is 6.09. The smallest absolute Gasteiger partial charge is 0.161 e. The van der Waals surface area contributed by atoms with E-state index in [4.69, 9.17) is 9.47 Å². The molecule has 35 heavy (non-hydrogen) atoms.